The smallest absolute Gasteiger partial charge is 0.338 e. The Bertz CT molecular complexity index is 864. The van der Waals surface area contributed by atoms with Crippen molar-refractivity contribution in [3.63, 3.8) is 0 Å². The second-order valence-corrected chi connectivity index (χ2v) is 5.67. The van der Waals surface area contributed by atoms with Gasteiger partial charge in [-0.2, -0.15) is 0 Å². The molecule has 0 unspecified atom stereocenters. The first-order valence-corrected chi connectivity index (χ1v) is 8.10. The molecule has 3 rings (SSSR count). The van der Waals surface area contributed by atoms with Crippen LogP contribution in [0.15, 0.2) is 72.8 Å². The molecule has 0 heterocycles. The molecule has 120 valence electrons. The minimum atomic E-state index is -0.302. The summed E-state index contributed by atoms with van der Waals surface area (Å²) < 4.78 is 4.93. The number of carbonyl (C=O) groups excluding carboxylic acids is 1. The summed E-state index contributed by atoms with van der Waals surface area (Å²) in [6, 6.07) is 22.3. The van der Waals surface area contributed by atoms with Crippen LogP contribution in [0.1, 0.15) is 27.9 Å². The number of methoxy groups -OCH3 is 1. The lowest BCUT2D eigenvalue weighted by molar-refractivity contribution is 0.0600. The van der Waals surface area contributed by atoms with Gasteiger partial charge in [0.25, 0.3) is 0 Å². The molecule has 0 N–H and O–H groups in total. The van der Waals surface area contributed by atoms with E-state index in [0.717, 1.165) is 29.2 Å². The molecule has 2 heteroatoms. The van der Waals surface area contributed by atoms with E-state index in [-0.39, 0.29) is 5.97 Å². The molecule has 0 saturated heterocycles. The minimum absolute atomic E-state index is 0.302. The highest BCUT2D eigenvalue weighted by Gasteiger charge is 2.12. The van der Waals surface area contributed by atoms with Crippen LogP contribution < -0.4 is 0 Å². The molecule has 0 aromatic heterocycles. The first-order chi connectivity index (χ1) is 11.8. The van der Waals surface area contributed by atoms with Crippen molar-refractivity contribution >= 4 is 22.8 Å². The van der Waals surface area contributed by atoms with E-state index in [1.54, 1.807) is 0 Å². The fraction of sp³-hybridized carbons (Fsp3) is 0.136. The number of rotatable bonds is 5. The van der Waals surface area contributed by atoms with Gasteiger partial charge in [0.05, 0.1) is 12.7 Å². The van der Waals surface area contributed by atoms with E-state index < -0.39 is 0 Å². The maximum absolute atomic E-state index is 12.1. The lowest BCUT2D eigenvalue weighted by Gasteiger charge is -2.08. The van der Waals surface area contributed by atoms with Crippen molar-refractivity contribution in [2.45, 2.75) is 12.8 Å². The number of hydrogen-bond donors (Lipinski definition) is 0. The largest absolute Gasteiger partial charge is 0.465 e. The molecular formula is C22H20O2. The molecule has 0 aliphatic rings. The number of fused-ring (bicyclic) bond motifs is 1. The van der Waals surface area contributed by atoms with Crippen molar-refractivity contribution in [2.75, 3.05) is 7.11 Å². The van der Waals surface area contributed by atoms with Gasteiger partial charge in [0.1, 0.15) is 0 Å². The van der Waals surface area contributed by atoms with Crippen LogP contribution in [0.5, 0.6) is 0 Å². The topological polar surface area (TPSA) is 26.3 Å². The number of hydrogen-bond acceptors (Lipinski definition) is 2. The van der Waals surface area contributed by atoms with Crippen LogP contribution in [0.25, 0.3) is 16.8 Å². The molecule has 0 aliphatic heterocycles. The minimum Gasteiger partial charge on any atom is -0.465 e. The molecule has 0 aliphatic carbocycles. The summed E-state index contributed by atoms with van der Waals surface area (Å²) in [7, 11) is 1.42. The Morgan fingerprint density at radius 1 is 0.958 bits per heavy atom. The van der Waals surface area contributed by atoms with E-state index in [1.807, 2.05) is 42.5 Å². The third-order valence-corrected chi connectivity index (χ3v) is 4.10. The summed E-state index contributed by atoms with van der Waals surface area (Å²) in [5.41, 5.74) is 2.84. The molecule has 2 nitrogen and oxygen atoms in total. The number of benzene rings is 3. The van der Waals surface area contributed by atoms with Gasteiger partial charge in [-0.25, -0.2) is 4.79 Å². The lowest BCUT2D eigenvalue weighted by atomic mass is 9.98. The number of ether oxygens (including phenoxy) is 1. The maximum Gasteiger partial charge on any atom is 0.338 e. The summed E-state index contributed by atoms with van der Waals surface area (Å²) in [6.45, 7) is 0. The van der Waals surface area contributed by atoms with Crippen molar-refractivity contribution in [3.05, 3.63) is 89.5 Å². The van der Waals surface area contributed by atoms with Crippen molar-refractivity contribution in [1.82, 2.24) is 0 Å². The molecule has 24 heavy (non-hydrogen) atoms. The SMILES string of the molecule is COC(=O)c1ccc2ccccc2c1/C=C/CCc1ccccc1. The number of aryl methyl sites for hydroxylation is 1. The van der Waals surface area contributed by atoms with Gasteiger partial charge < -0.3 is 4.74 Å². The quantitative estimate of drug-likeness (QED) is 0.599. The van der Waals surface area contributed by atoms with E-state index in [0.29, 0.717) is 5.56 Å². The summed E-state index contributed by atoms with van der Waals surface area (Å²) in [4.78, 5) is 12.1. The number of carbonyl (C=O) groups is 1. The van der Waals surface area contributed by atoms with Crippen molar-refractivity contribution < 1.29 is 9.53 Å². The van der Waals surface area contributed by atoms with Crippen LogP contribution >= 0.6 is 0 Å². The molecule has 0 bridgehead atoms. The van der Waals surface area contributed by atoms with E-state index in [9.17, 15) is 4.79 Å². The van der Waals surface area contributed by atoms with E-state index in [1.165, 1.54) is 12.7 Å². The highest BCUT2D eigenvalue weighted by atomic mass is 16.5. The third kappa shape index (κ3) is 3.54. The highest BCUT2D eigenvalue weighted by Crippen LogP contribution is 2.25. The first-order valence-electron chi connectivity index (χ1n) is 8.10. The summed E-state index contributed by atoms with van der Waals surface area (Å²) in [5, 5.41) is 2.18. The summed E-state index contributed by atoms with van der Waals surface area (Å²) in [5.74, 6) is -0.302. The second kappa shape index (κ2) is 7.60. The Hall–Kier alpha value is -2.87. The second-order valence-electron chi connectivity index (χ2n) is 5.67. The van der Waals surface area contributed by atoms with Crippen molar-refractivity contribution in [1.29, 1.82) is 0 Å². The molecule has 0 fully saturated rings. The summed E-state index contributed by atoms with van der Waals surface area (Å²) >= 11 is 0. The van der Waals surface area contributed by atoms with Gasteiger partial charge in [0.2, 0.25) is 0 Å². The normalized spacial score (nSPS) is 11.0. The number of allylic oxidation sites excluding steroid dienone is 1. The average Bonchev–Trinajstić information content (AvgIpc) is 2.65. The standard InChI is InChI=1S/C22H20O2/c1-24-22(23)21-16-15-18-12-6-8-13-19(18)20(21)14-7-5-11-17-9-3-2-4-10-17/h2-4,6-10,12-16H,5,11H2,1H3/b14-7+. The Balaban J connectivity index is 1.88. The van der Waals surface area contributed by atoms with Crippen LogP contribution in [0.3, 0.4) is 0 Å². The van der Waals surface area contributed by atoms with Gasteiger partial charge in [-0.1, -0.05) is 72.8 Å². The van der Waals surface area contributed by atoms with Gasteiger partial charge in [-0.3, -0.25) is 0 Å². The van der Waals surface area contributed by atoms with Gasteiger partial charge in [0, 0.05) is 0 Å². The predicted molar refractivity (Wildman–Crippen MR) is 99.1 cm³/mol. The zero-order chi connectivity index (χ0) is 16.8. The van der Waals surface area contributed by atoms with Gasteiger partial charge >= 0.3 is 5.97 Å². The molecule has 0 amide bonds. The van der Waals surface area contributed by atoms with Crippen LogP contribution in [-0.2, 0) is 11.2 Å². The van der Waals surface area contributed by atoms with Crippen molar-refractivity contribution in [2.24, 2.45) is 0 Å². The molecule has 3 aromatic rings. The first kappa shape index (κ1) is 16.0. The molecule has 0 radical (unpaired) electrons. The Kier molecular flexibility index (Phi) is 5.07. The number of esters is 1. The van der Waals surface area contributed by atoms with Crippen LogP contribution in [0.2, 0.25) is 0 Å². The lowest BCUT2D eigenvalue weighted by Crippen LogP contribution is -2.04. The van der Waals surface area contributed by atoms with Gasteiger partial charge in [-0.15, -0.1) is 0 Å². The fourth-order valence-corrected chi connectivity index (χ4v) is 2.86. The summed E-state index contributed by atoms with van der Waals surface area (Å²) in [6.07, 6.45) is 6.07. The Labute approximate surface area is 142 Å². The molecule has 0 spiro atoms. The molecular weight excluding hydrogens is 296 g/mol. The average molecular weight is 316 g/mol. The van der Waals surface area contributed by atoms with Crippen LogP contribution in [0, 0.1) is 0 Å². The van der Waals surface area contributed by atoms with E-state index in [4.69, 9.17) is 4.74 Å². The fourth-order valence-electron chi connectivity index (χ4n) is 2.86. The third-order valence-electron chi connectivity index (χ3n) is 4.10. The maximum atomic E-state index is 12.1. The Morgan fingerprint density at radius 2 is 1.71 bits per heavy atom. The van der Waals surface area contributed by atoms with Gasteiger partial charge in [0.15, 0.2) is 0 Å². The molecule has 3 aromatic carbocycles. The van der Waals surface area contributed by atoms with Crippen LogP contribution in [0.4, 0.5) is 0 Å². The predicted octanol–water partition coefficient (Wildman–Crippen LogP) is 5.27. The molecule has 0 atom stereocenters. The van der Waals surface area contributed by atoms with Crippen LogP contribution in [-0.4, -0.2) is 13.1 Å². The Morgan fingerprint density at radius 3 is 2.50 bits per heavy atom. The van der Waals surface area contributed by atoms with Crippen molar-refractivity contribution in [3.8, 4) is 0 Å². The molecule has 0 saturated carbocycles. The highest BCUT2D eigenvalue weighted by molar-refractivity contribution is 6.02. The van der Waals surface area contributed by atoms with E-state index >= 15 is 0 Å². The van der Waals surface area contributed by atoms with Gasteiger partial charge in [-0.05, 0) is 40.8 Å². The van der Waals surface area contributed by atoms with E-state index in [2.05, 4.69) is 36.4 Å². The monoisotopic (exact) mass is 316 g/mol. The zero-order valence-electron chi connectivity index (χ0n) is 13.7. The zero-order valence-corrected chi connectivity index (χ0v) is 13.7.